The van der Waals surface area contributed by atoms with Crippen LogP contribution in [0.4, 0.5) is 0 Å². The van der Waals surface area contributed by atoms with Gasteiger partial charge in [0.1, 0.15) is 0 Å². The van der Waals surface area contributed by atoms with Gasteiger partial charge in [0.2, 0.25) is 0 Å². The van der Waals surface area contributed by atoms with Crippen LogP contribution in [0.15, 0.2) is 24.4 Å². The largest absolute Gasteiger partial charge is 0.405 e. The first kappa shape index (κ1) is 13.2. The highest BCUT2D eigenvalue weighted by Gasteiger charge is 2.11. The quantitative estimate of drug-likeness (QED) is 0.483. The highest BCUT2D eigenvalue weighted by molar-refractivity contribution is 4.90. The minimum atomic E-state index is -0.730. The minimum Gasteiger partial charge on any atom is -0.405 e. The number of rotatable bonds is 7. The lowest BCUT2D eigenvalue weighted by Gasteiger charge is -2.16. The van der Waals surface area contributed by atoms with Crippen molar-refractivity contribution < 1.29 is 9.84 Å². The van der Waals surface area contributed by atoms with Crippen molar-refractivity contribution in [2.45, 2.75) is 32.3 Å². The van der Waals surface area contributed by atoms with Crippen LogP contribution >= 0.6 is 0 Å². The Bertz CT molecular complexity index is 180. The van der Waals surface area contributed by atoms with E-state index in [1.165, 1.54) is 6.20 Å². The second kappa shape index (κ2) is 7.59. The van der Waals surface area contributed by atoms with Crippen molar-refractivity contribution in [3.63, 3.8) is 0 Å². The fourth-order valence-corrected chi connectivity index (χ4v) is 0.845. The van der Waals surface area contributed by atoms with Gasteiger partial charge in [0.05, 0.1) is 18.8 Å². The van der Waals surface area contributed by atoms with Gasteiger partial charge in [-0.2, -0.15) is 0 Å². The van der Waals surface area contributed by atoms with Crippen molar-refractivity contribution in [2.75, 3.05) is 13.2 Å². The molecule has 0 bridgehead atoms. The number of aliphatic hydroxyl groups is 1. The molecule has 0 rings (SSSR count). The zero-order chi connectivity index (χ0) is 10.9. The Labute approximate surface area is 86.3 Å². The molecule has 3 nitrogen and oxygen atoms in total. The van der Waals surface area contributed by atoms with Crippen LogP contribution in [0.1, 0.15) is 26.7 Å². The molecule has 0 spiro atoms. The van der Waals surface area contributed by atoms with E-state index < -0.39 is 5.60 Å². The molecule has 0 heterocycles. The maximum absolute atomic E-state index is 9.32. The molecular weight excluding hydrogens is 178 g/mol. The van der Waals surface area contributed by atoms with Crippen LogP contribution in [0.2, 0.25) is 0 Å². The number of hydrogen-bond acceptors (Lipinski definition) is 3. The van der Waals surface area contributed by atoms with Crippen molar-refractivity contribution >= 4 is 0 Å². The highest BCUT2D eigenvalue weighted by atomic mass is 16.5. The Kier molecular flexibility index (Phi) is 7.16. The maximum Gasteiger partial charge on any atom is 0.0824 e. The molecule has 0 atom stereocenters. The molecule has 0 aliphatic carbocycles. The van der Waals surface area contributed by atoms with E-state index >= 15 is 0 Å². The zero-order valence-electron chi connectivity index (χ0n) is 9.07. The van der Waals surface area contributed by atoms with Gasteiger partial charge in [0.25, 0.3) is 0 Å². The Hall–Kier alpha value is -0.800. The van der Waals surface area contributed by atoms with E-state index in [0.717, 1.165) is 12.8 Å². The summed E-state index contributed by atoms with van der Waals surface area (Å²) in [5.41, 5.74) is 4.44. The molecule has 14 heavy (non-hydrogen) atoms. The fraction of sp³-hybridized carbons (Fsp3) is 0.636. The van der Waals surface area contributed by atoms with Crippen molar-refractivity contribution in [2.24, 2.45) is 5.73 Å². The number of hydrogen-bond donors (Lipinski definition) is 2. The fourth-order valence-electron chi connectivity index (χ4n) is 0.845. The summed E-state index contributed by atoms with van der Waals surface area (Å²) >= 11 is 0. The molecule has 3 N–H and O–H groups in total. The Balaban J connectivity index is 3.25. The van der Waals surface area contributed by atoms with Crippen LogP contribution in [-0.4, -0.2) is 23.9 Å². The molecule has 0 aliphatic heterocycles. The van der Waals surface area contributed by atoms with Gasteiger partial charge in [-0.05, 0) is 32.9 Å². The molecule has 0 aliphatic rings. The molecular formula is C11H21NO2. The third-order valence-corrected chi connectivity index (χ3v) is 1.46. The molecule has 0 amide bonds. The van der Waals surface area contributed by atoms with Gasteiger partial charge in [-0.3, -0.25) is 0 Å². The smallest absolute Gasteiger partial charge is 0.0824 e. The molecule has 0 aromatic heterocycles. The minimum absolute atomic E-state index is 0.379. The van der Waals surface area contributed by atoms with E-state index in [4.69, 9.17) is 10.5 Å². The molecule has 82 valence electrons. The van der Waals surface area contributed by atoms with Crippen molar-refractivity contribution in [3.8, 4) is 0 Å². The van der Waals surface area contributed by atoms with Crippen LogP contribution < -0.4 is 5.73 Å². The van der Waals surface area contributed by atoms with Gasteiger partial charge in [0, 0.05) is 0 Å². The van der Waals surface area contributed by atoms with E-state index in [1.807, 2.05) is 18.2 Å². The van der Waals surface area contributed by atoms with Crippen molar-refractivity contribution in [1.29, 1.82) is 0 Å². The van der Waals surface area contributed by atoms with E-state index in [1.54, 1.807) is 13.8 Å². The first-order valence-corrected chi connectivity index (χ1v) is 4.88. The summed E-state index contributed by atoms with van der Waals surface area (Å²) in [5.74, 6) is 0. The first-order chi connectivity index (χ1) is 6.56. The second-order valence-electron chi connectivity index (χ2n) is 3.79. The average molecular weight is 199 g/mol. The molecule has 0 aromatic carbocycles. The normalized spacial score (nSPS) is 13.1. The summed E-state index contributed by atoms with van der Waals surface area (Å²) in [6.07, 6.45) is 9.24. The van der Waals surface area contributed by atoms with Crippen LogP contribution in [0, 0.1) is 0 Å². The molecule has 0 saturated carbocycles. The van der Waals surface area contributed by atoms with Gasteiger partial charge in [-0.1, -0.05) is 18.2 Å². The Morgan fingerprint density at radius 3 is 2.57 bits per heavy atom. The summed E-state index contributed by atoms with van der Waals surface area (Å²) < 4.78 is 5.26. The SMILES string of the molecule is CC(C)(O)COCC/C=C\C/C=C\N. The van der Waals surface area contributed by atoms with Gasteiger partial charge >= 0.3 is 0 Å². The molecule has 0 saturated heterocycles. The van der Waals surface area contributed by atoms with Crippen LogP contribution in [-0.2, 0) is 4.74 Å². The van der Waals surface area contributed by atoms with Crippen LogP contribution in [0.25, 0.3) is 0 Å². The maximum atomic E-state index is 9.32. The summed E-state index contributed by atoms with van der Waals surface area (Å²) in [6, 6.07) is 0. The lowest BCUT2D eigenvalue weighted by molar-refractivity contribution is -0.0194. The Morgan fingerprint density at radius 2 is 2.00 bits per heavy atom. The van der Waals surface area contributed by atoms with Crippen LogP contribution in [0.3, 0.4) is 0 Å². The number of ether oxygens (including phenoxy) is 1. The summed E-state index contributed by atoms with van der Waals surface area (Å²) in [4.78, 5) is 0. The average Bonchev–Trinajstić information content (AvgIpc) is 2.08. The predicted molar refractivity (Wildman–Crippen MR) is 58.8 cm³/mol. The summed E-state index contributed by atoms with van der Waals surface area (Å²) in [6.45, 7) is 4.49. The standard InChI is InChI=1S/C11H21NO2/c1-11(2,13)10-14-9-7-5-3-4-6-8-12/h3,5-6,8,13H,4,7,9-10,12H2,1-2H3/b5-3-,8-6-. The second-order valence-corrected chi connectivity index (χ2v) is 3.79. The lowest BCUT2D eigenvalue weighted by atomic mass is 10.2. The topological polar surface area (TPSA) is 55.5 Å². The first-order valence-electron chi connectivity index (χ1n) is 4.88. The van der Waals surface area contributed by atoms with Crippen molar-refractivity contribution in [1.82, 2.24) is 0 Å². The summed E-state index contributed by atoms with van der Waals surface area (Å²) in [5, 5.41) is 9.32. The molecule has 3 heteroatoms. The van der Waals surface area contributed by atoms with Crippen molar-refractivity contribution in [3.05, 3.63) is 24.4 Å². The Morgan fingerprint density at radius 1 is 1.29 bits per heavy atom. The zero-order valence-corrected chi connectivity index (χ0v) is 9.07. The molecule has 0 radical (unpaired) electrons. The van der Waals surface area contributed by atoms with Crippen LogP contribution in [0.5, 0.6) is 0 Å². The van der Waals surface area contributed by atoms with Gasteiger partial charge in [-0.15, -0.1) is 0 Å². The van der Waals surface area contributed by atoms with Gasteiger partial charge in [-0.25, -0.2) is 0 Å². The number of nitrogens with two attached hydrogens (primary N) is 1. The highest BCUT2D eigenvalue weighted by Crippen LogP contribution is 2.01. The monoisotopic (exact) mass is 199 g/mol. The van der Waals surface area contributed by atoms with Gasteiger partial charge < -0.3 is 15.6 Å². The predicted octanol–water partition coefficient (Wildman–Crippen LogP) is 1.58. The third-order valence-electron chi connectivity index (χ3n) is 1.46. The third kappa shape index (κ3) is 11.2. The van der Waals surface area contributed by atoms with E-state index in [2.05, 4.69) is 0 Å². The van der Waals surface area contributed by atoms with E-state index in [9.17, 15) is 5.11 Å². The molecule has 0 aromatic rings. The van der Waals surface area contributed by atoms with E-state index in [-0.39, 0.29) is 0 Å². The van der Waals surface area contributed by atoms with E-state index in [0.29, 0.717) is 13.2 Å². The van der Waals surface area contributed by atoms with Gasteiger partial charge in [0.15, 0.2) is 0 Å². The number of allylic oxidation sites excluding steroid dienone is 2. The molecule has 0 unspecified atom stereocenters. The lowest BCUT2D eigenvalue weighted by Crippen LogP contribution is -2.26. The summed E-state index contributed by atoms with van der Waals surface area (Å²) in [7, 11) is 0. The molecule has 0 fully saturated rings.